The SMILES string of the molecule is N/C(=N/O)c1cccc(CNCCCCCO)c1F. The van der Waals surface area contributed by atoms with Crippen molar-refractivity contribution in [1.29, 1.82) is 0 Å². The quantitative estimate of drug-likeness (QED) is 0.187. The Morgan fingerprint density at radius 1 is 1.32 bits per heavy atom. The normalized spacial score (nSPS) is 11.8. The maximum atomic E-state index is 14.0. The molecular weight excluding hydrogens is 249 g/mol. The number of nitrogens with two attached hydrogens (primary N) is 1. The van der Waals surface area contributed by atoms with Crippen molar-refractivity contribution in [3.05, 3.63) is 35.1 Å². The molecule has 5 nitrogen and oxygen atoms in total. The summed E-state index contributed by atoms with van der Waals surface area (Å²) in [5.74, 6) is -0.706. The summed E-state index contributed by atoms with van der Waals surface area (Å²) in [6.45, 7) is 1.35. The van der Waals surface area contributed by atoms with Crippen molar-refractivity contribution in [1.82, 2.24) is 5.32 Å². The number of rotatable bonds is 8. The van der Waals surface area contributed by atoms with Gasteiger partial charge < -0.3 is 21.4 Å². The van der Waals surface area contributed by atoms with E-state index in [1.807, 2.05) is 0 Å². The van der Waals surface area contributed by atoms with E-state index in [9.17, 15) is 4.39 Å². The Balaban J connectivity index is 2.50. The third-order valence-electron chi connectivity index (χ3n) is 2.79. The zero-order valence-electron chi connectivity index (χ0n) is 10.8. The van der Waals surface area contributed by atoms with Crippen LogP contribution in [0.3, 0.4) is 0 Å². The van der Waals surface area contributed by atoms with Crippen molar-refractivity contribution in [2.75, 3.05) is 13.2 Å². The van der Waals surface area contributed by atoms with Gasteiger partial charge in [0.15, 0.2) is 5.84 Å². The second-order valence-corrected chi connectivity index (χ2v) is 4.22. The highest BCUT2D eigenvalue weighted by Crippen LogP contribution is 2.12. The van der Waals surface area contributed by atoms with Crippen LogP contribution < -0.4 is 11.1 Å². The monoisotopic (exact) mass is 269 g/mol. The molecule has 5 N–H and O–H groups in total. The fourth-order valence-corrected chi connectivity index (χ4v) is 1.73. The lowest BCUT2D eigenvalue weighted by atomic mass is 10.1. The number of nitrogens with one attached hydrogen (secondary N) is 1. The Morgan fingerprint density at radius 3 is 2.79 bits per heavy atom. The molecule has 0 bridgehead atoms. The molecule has 0 radical (unpaired) electrons. The molecule has 0 saturated carbocycles. The molecule has 106 valence electrons. The minimum atomic E-state index is -0.472. The topological polar surface area (TPSA) is 90.9 Å². The van der Waals surface area contributed by atoms with Crippen LogP contribution in [0.1, 0.15) is 30.4 Å². The number of aliphatic hydroxyl groups is 1. The van der Waals surface area contributed by atoms with E-state index in [0.717, 1.165) is 25.8 Å². The Labute approximate surface area is 111 Å². The average Bonchev–Trinajstić information content (AvgIpc) is 2.43. The van der Waals surface area contributed by atoms with E-state index < -0.39 is 5.82 Å². The molecule has 6 heteroatoms. The molecular formula is C13H20FN3O2. The summed E-state index contributed by atoms with van der Waals surface area (Å²) in [4.78, 5) is 0. The molecule has 0 aliphatic rings. The summed E-state index contributed by atoms with van der Waals surface area (Å²) >= 11 is 0. The molecule has 1 aromatic carbocycles. The summed E-state index contributed by atoms with van der Waals surface area (Å²) < 4.78 is 14.0. The number of oxime groups is 1. The summed E-state index contributed by atoms with van der Waals surface area (Å²) in [5.41, 5.74) is 5.97. The maximum absolute atomic E-state index is 14.0. The van der Waals surface area contributed by atoms with Gasteiger partial charge in [0.1, 0.15) is 5.82 Å². The highest BCUT2D eigenvalue weighted by molar-refractivity contribution is 5.97. The smallest absolute Gasteiger partial charge is 0.173 e. The van der Waals surface area contributed by atoms with E-state index in [-0.39, 0.29) is 18.0 Å². The van der Waals surface area contributed by atoms with Gasteiger partial charge in [0.25, 0.3) is 0 Å². The lowest BCUT2D eigenvalue weighted by Crippen LogP contribution is -2.19. The van der Waals surface area contributed by atoms with Crippen LogP contribution >= 0.6 is 0 Å². The standard InChI is InChI=1S/C13H20FN3O2/c14-12-10(9-16-7-2-1-3-8-18)5-4-6-11(12)13(15)17-19/h4-6,16,18-19H,1-3,7-9H2,(H2,15,17). The predicted octanol–water partition coefficient (Wildman–Crippen LogP) is 1.17. The average molecular weight is 269 g/mol. The van der Waals surface area contributed by atoms with Gasteiger partial charge in [-0.1, -0.05) is 17.3 Å². The molecule has 0 spiro atoms. The van der Waals surface area contributed by atoms with E-state index in [4.69, 9.17) is 16.0 Å². The summed E-state index contributed by atoms with van der Waals surface area (Å²) in [6.07, 6.45) is 2.66. The summed E-state index contributed by atoms with van der Waals surface area (Å²) in [6, 6.07) is 4.79. The largest absolute Gasteiger partial charge is 0.409 e. The Bertz CT molecular complexity index is 424. The fourth-order valence-electron chi connectivity index (χ4n) is 1.73. The van der Waals surface area contributed by atoms with Crippen LogP contribution in [-0.2, 0) is 6.54 Å². The molecule has 0 aromatic heterocycles. The number of amidine groups is 1. The molecule has 0 fully saturated rings. The molecule has 0 amide bonds. The number of nitrogens with zero attached hydrogens (tertiary/aromatic N) is 1. The van der Waals surface area contributed by atoms with Gasteiger partial charge in [-0.3, -0.25) is 0 Å². The first kappa shape index (κ1) is 15.4. The third-order valence-corrected chi connectivity index (χ3v) is 2.79. The third kappa shape index (κ3) is 4.84. The van der Waals surface area contributed by atoms with Crippen LogP contribution in [0.4, 0.5) is 4.39 Å². The first-order valence-electron chi connectivity index (χ1n) is 6.27. The molecule has 0 aliphatic heterocycles. The number of halogens is 1. The second kappa shape index (κ2) is 8.44. The Hall–Kier alpha value is -1.66. The molecule has 1 rings (SSSR count). The minimum absolute atomic E-state index is 0.0991. The molecule has 0 saturated heterocycles. The lowest BCUT2D eigenvalue weighted by molar-refractivity contribution is 0.283. The summed E-state index contributed by atoms with van der Waals surface area (Å²) in [5, 5.41) is 23.1. The van der Waals surface area contributed by atoms with Crippen molar-refractivity contribution >= 4 is 5.84 Å². The van der Waals surface area contributed by atoms with Crippen LogP contribution in [0, 0.1) is 5.82 Å². The van der Waals surface area contributed by atoms with E-state index in [1.165, 1.54) is 6.07 Å². The first-order chi connectivity index (χ1) is 9.20. The highest BCUT2D eigenvalue weighted by Gasteiger charge is 2.10. The van der Waals surface area contributed by atoms with Gasteiger partial charge >= 0.3 is 0 Å². The van der Waals surface area contributed by atoms with Crippen LogP contribution in [0.2, 0.25) is 0 Å². The van der Waals surface area contributed by atoms with Crippen LogP contribution in [0.15, 0.2) is 23.4 Å². The Morgan fingerprint density at radius 2 is 2.11 bits per heavy atom. The van der Waals surface area contributed by atoms with Crippen molar-refractivity contribution in [3.8, 4) is 0 Å². The fraction of sp³-hybridized carbons (Fsp3) is 0.462. The molecule has 1 aromatic rings. The van der Waals surface area contributed by atoms with E-state index in [1.54, 1.807) is 12.1 Å². The van der Waals surface area contributed by atoms with Gasteiger partial charge in [0.05, 0.1) is 5.56 Å². The van der Waals surface area contributed by atoms with Crippen LogP contribution in [0.25, 0.3) is 0 Å². The predicted molar refractivity (Wildman–Crippen MR) is 71.6 cm³/mol. The van der Waals surface area contributed by atoms with Crippen molar-refractivity contribution in [2.24, 2.45) is 10.9 Å². The van der Waals surface area contributed by atoms with E-state index in [2.05, 4.69) is 10.5 Å². The molecule has 0 atom stereocenters. The number of aliphatic hydroxyl groups excluding tert-OH is 1. The molecule has 19 heavy (non-hydrogen) atoms. The van der Waals surface area contributed by atoms with Gasteiger partial charge in [-0.05, 0) is 31.9 Å². The zero-order valence-corrected chi connectivity index (χ0v) is 10.8. The molecule has 0 aliphatic carbocycles. The number of unbranched alkanes of at least 4 members (excludes halogenated alkanes) is 2. The van der Waals surface area contributed by atoms with Gasteiger partial charge in [-0.15, -0.1) is 0 Å². The summed E-state index contributed by atoms with van der Waals surface area (Å²) in [7, 11) is 0. The number of hydrogen-bond acceptors (Lipinski definition) is 4. The van der Waals surface area contributed by atoms with Crippen LogP contribution in [0.5, 0.6) is 0 Å². The van der Waals surface area contributed by atoms with E-state index in [0.29, 0.717) is 12.1 Å². The minimum Gasteiger partial charge on any atom is -0.409 e. The second-order valence-electron chi connectivity index (χ2n) is 4.22. The van der Waals surface area contributed by atoms with Crippen molar-refractivity contribution in [2.45, 2.75) is 25.8 Å². The van der Waals surface area contributed by atoms with Crippen molar-refractivity contribution in [3.63, 3.8) is 0 Å². The van der Waals surface area contributed by atoms with Gasteiger partial charge in [0.2, 0.25) is 0 Å². The first-order valence-corrected chi connectivity index (χ1v) is 6.27. The van der Waals surface area contributed by atoms with Crippen molar-refractivity contribution < 1.29 is 14.7 Å². The van der Waals surface area contributed by atoms with Gasteiger partial charge in [-0.25, -0.2) is 4.39 Å². The van der Waals surface area contributed by atoms with Crippen LogP contribution in [-0.4, -0.2) is 29.3 Å². The molecule has 0 unspecified atom stereocenters. The van der Waals surface area contributed by atoms with Gasteiger partial charge in [0, 0.05) is 18.7 Å². The molecule has 0 heterocycles. The zero-order chi connectivity index (χ0) is 14.1. The number of benzene rings is 1. The Kier molecular flexibility index (Phi) is 6.84. The van der Waals surface area contributed by atoms with Gasteiger partial charge in [-0.2, -0.15) is 0 Å². The highest BCUT2D eigenvalue weighted by atomic mass is 19.1. The lowest BCUT2D eigenvalue weighted by Gasteiger charge is -2.08. The maximum Gasteiger partial charge on any atom is 0.173 e. The van der Waals surface area contributed by atoms with E-state index >= 15 is 0 Å². The number of hydrogen-bond donors (Lipinski definition) is 4.